The molecule has 35 heavy (non-hydrogen) atoms. The minimum atomic E-state index is -0.716. The van der Waals surface area contributed by atoms with Gasteiger partial charge in [-0.2, -0.15) is 0 Å². The van der Waals surface area contributed by atoms with E-state index in [1.54, 1.807) is 19.1 Å². The van der Waals surface area contributed by atoms with Gasteiger partial charge in [0, 0.05) is 36.6 Å². The fraction of sp³-hybridized carbons (Fsp3) is 0.423. The van der Waals surface area contributed by atoms with E-state index in [1.165, 1.54) is 12.4 Å². The van der Waals surface area contributed by atoms with Crippen molar-refractivity contribution in [3.05, 3.63) is 57.8 Å². The van der Waals surface area contributed by atoms with Crippen LogP contribution in [0.4, 0.5) is 5.69 Å². The highest BCUT2D eigenvalue weighted by Gasteiger charge is 2.52. The third kappa shape index (κ3) is 5.41. The number of ether oxygens (including phenoxy) is 1. The maximum atomic E-state index is 12.7. The summed E-state index contributed by atoms with van der Waals surface area (Å²) in [6.45, 7) is 2.02. The first-order valence-electron chi connectivity index (χ1n) is 11.8. The Balaban J connectivity index is 1.49. The molecule has 0 radical (unpaired) electrons. The fourth-order valence-corrected chi connectivity index (χ4v) is 5.35. The van der Waals surface area contributed by atoms with Crippen LogP contribution in [0.5, 0.6) is 0 Å². The lowest BCUT2D eigenvalue weighted by molar-refractivity contribution is -0.144. The van der Waals surface area contributed by atoms with Gasteiger partial charge >= 0.3 is 5.97 Å². The van der Waals surface area contributed by atoms with E-state index in [-0.39, 0.29) is 28.0 Å². The molecular formula is C26H27Cl2N3O4. The van der Waals surface area contributed by atoms with Gasteiger partial charge in [0.2, 0.25) is 0 Å². The van der Waals surface area contributed by atoms with Crippen LogP contribution in [0.15, 0.2) is 41.7 Å². The Morgan fingerprint density at radius 1 is 1.11 bits per heavy atom. The lowest BCUT2D eigenvalue weighted by Crippen LogP contribution is -2.52. The summed E-state index contributed by atoms with van der Waals surface area (Å²) < 4.78 is 5.28. The van der Waals surface area contributed by atoms with E-state index in [9.17, 15) is 14.4 Å². The van der Waals surface area contributed by atoms with E-state index >= 15 is 0 Å². The van der Waals surface area contributed by atoms with Crippen molar-refractivity contribution in [1.29, 1.82) is 0 Å². The van der Waals surface area contributed by atoms with Crippen LogP contribution >= 0.6 is 23.2 Å². The average Bonchev–Trinajstić information content (AvgIpc) is 2.85. The van der Waals surface area contributed by atoms with Crippen LogP contribution in [0.1, 0.15) is 61.4 Å². The predicted octanol–water partition coefficient (Wildman–Crippen LogP) is 5.48. The van der Waals surface area contributed by atoms with Crippen molar-refractivity contribution in [2.24, 2.45) is 10.4 Å². The minimum Gasteiger partial charge on any atom is -0.464 e. The minimum absolute atomic E-state index is 0.150. The number of hydrogen-bond acceptors (Lipinski definition) is 6. The van der Waals surface area contributed by atoms with E-state index in [0.29, 0.717) is 18.5 Å². The molecule has 1 amide bonds. The fourth-order valence-electron chi connectivity index (χ4n) is 4.81. The van der Waals surface area contributed by atoms with Crippen LogP contribution in [0, 0.1) is 5.41 Å². The smallest absolute Gasteiger partial charge is 0.331 e. The number of halogens is 2. The summed E-state index contributed by atoms with van der Waals surface area (Å²) in [4.78, 5) is 46.4. The Labute approximate surface area is 214 Å². The average molecular weight is 516 g/mol. The van der Waals surface area contributed by atoms with Crippen LogP contribution in [-0.4, -0.2) is 41.0 Å². The number of carbonyl (C=O) groups excluding carboxylic acids is 3. The molecule has 9 heteroatoms. The summed E-state index contributed by atoms with van der Waals surface area (Å²) in [5, 5.41) is 3.09. The molecule has 2 aliphatic rings. The number of Topliss-reactive ketones (excluding diaryl/α,β-unsaturated/α-hetero) is 1. The van der Waals surface area contributed by atoms with Gasteiger partial charge in [-0.05, 0) is 37.5 Å². The molecule has 4 rings (SSSR count). The zero-order chi connectivity index (χ0) is 25.0. The summed E-state index contributed by atoms with van der Waals surface area (Å²) in [7, 11) is 0. The molecule has 1 aromatic carbocycles. The molecule has 2 aromatic rings. The summed E-state index contributed by atoms with van der Waals surface area (Å²) in [6, 6.07) is 6.40. The van der Waals surface area contributed by atoms with Gasteiger partial charge < -0.3 is 10.1 Å². The number of carbonyl (C=O) groups is 3. The van der Waals surface area contributed by atoms with Crippen LogP contribution in [0.2, 0.25) is 10.0 Å². The molecule has 0 aliphatic heterocycles. The zero-order valence-electron chi connectivity index (χ0n) is 19.5. The molecule has 7 nitrogen and oxygen atoms in total. The topological polar surface area (TPSA) is 97.7 Å². The molecule has 1 N–H and O–H groups in total. The van der Waals surface area contributed by atoms with Crippen molar-refractivity contribution in [2.45, 2.75) is 57.9 Å². The largest absolute Gasteiger partial charge is 0.464 e. The molecule has 2 aliphatic carbocycles. The summed E-state index contributed by atoms with van der Waals surface area (Å²) in [5.74, 6) is -0.601. The lowest BCUT2D eigenvalue weighted by Gasteiger charge is -2.44. The number of rotatable bonds is 7. The SMILES string of the molecule is CCOC(=O)[C@H](Cc1ccc(NC(=O)c2c(Cl)cncc2Cl)cc1)N=C1CC(=O)C12CCCCC2. The molecule has 1 spiro atoms. The number of pyridine rings is 1. The van der Waals surface area contributed by atoms with E-state index in [0.717, 1.165) is 43.4 Å². The predicted molar refractivity (Wildman–Crippen MR) is 135 cm³/mol. The van der Waals surface area contributed by atoms with E-state index in [1.807, 2.05) is 12.1 Å². The second-order valence-electron chi connectivity index (χ2n) is 8.92. The summed E-state index contributed by atoms with van der Waals surface area (Å²) in [6.07, 6.45) is 8.16. The third-order valence-electron chi connectivity index (χ3n) is 6.71. The molecule has 2 fully saturated rings. The van der Waals surface area contributed by atoms with Gasteiger partial charge in [0.05, 0.1) is 27.6 Å². The highest BCUT2D eigenvalue weighted by atomic mass is 35.5. The molecule has 0 saturated heterocycles. The first kappa shape index (κ1) is 25.3. The third-order valence-corrected chi connectivity index (χ3v) is 7.29. The van der Waals surface area contributed by atoms with Crippen molar-refractivity contribution in [1.82, 2.24) is 4.98 Å². The Morgan fingerprint density at radius 2 is 1.77 bits per heavy atom. The van der Waals surface area contributed by atoms with Gasteiger partial charge in [-0.15, -0.1) is 0 Å². The number of ketones is 1. The van der Waals surface area contributed by atoms with Crippen LogP contribution in [0.25, 0.3) is 0 Å². The van der Waals surface area contributed by atoms with Crippen molar-refractivity contribution in [3.8, 4) is 0 Å². The van der Waals surface area contributed by atoms with E-state index in [2.05, 4.69) is 10.3 Å². The molecule has 1 heterocycles. The number of aliphatic imine (C=N–C) groups is 1. The van der Waals surface area contributed by atoms with Gasteiger partial charge in [-0.3, -0.25) is 19.6 Å². The number of aromatic nitrogens is 1. The van der Waals surface area contributed by atoms with Gasteiger partial charge in [0.25, 0.3) is 5.91 Å². The number of benzene rings is 1. The van der Waals surface area contributed by atoms with Crippen molar-refractivity contribution >= 4 is 52.3 Å². The second-order valence-corrected chi connectivity index (χ2v) is 9.73. The van der Waals surface area contributed by atoms with Crippen molar-refractivity contribution in [2.75, 3.05) is 11.9 Å². The second kappa shape index (κ2) is 10.9. The molecule has 2 saturated carbocycles. The van der Waals surface area contributed by atoms with Gasteiger partial charge in [0.15, 0.2) is 6.04 Å². The van der Waals surface area contributed by atoms with Crippen LogP contribution < -0.4 is 5.32 Å². The van der Waals surface area contributed by atoms with E-state index in [4.69, 9.17) is 32.9 Å². The number of nitrogens with zero attached hydrogens (tertiary/aromatic N) is 2. The monoisotopic (exact) mass is 515 g/mol. The Bertz CT molecular complexity index is 1140. The summed E-state index contributed by atoms with van der Waals surface area (Å²) >= 11 is 12.1. The van der Waals surface area contributed by atoms with Crippen LogP contribution in [-0.2, 0) is 20.7 Å². The van der Waals surface area contributed by atoms with Crippen molar-refractivity contribution in [3.63, 3.8) is 0 Å². The van der Waals surface area contributed by atoms with Gasteiger partial charge in [-0.1, -0.05) is 54.6 Å². The number of nitrogens with one attached hydrogen (secondary N) is 1. The Morgan fingerprint density at radius 3 is 2.37 bits per heavy atom. The molecular weight excluding hydrogens is 489 g/mol. The molecule has 0 bridgehead atoms. The van der Waals surface area contributed by atoms with Crippen molar-refractivity contribution < 1.29 is 19.1 Å². The number of esters is 1. The maximum Gasteiger partial charge on any atom is 0.331 e. The lowest BCUT2D eigenvalue weighted by atomic mass is 9.58. The van der Waals surface area contributed by atoms with Gasteiger partial charge in [-0.25, -0.2) is 4.79 Å². The number of anilines is 1. The molecule has 184 valence electrons. The quantitative estimate of drug-likeness (QED) is 0.492. The highest BCUT2D eigenvalue weighted by Crippen LogP contribution is 2.47. The summed E-state index contributed by atoms with van der Waals surface area (Å²) in [5.41, 5.74) is 1.93. The first-order valence-corrected chi connectivity index (χ1v) is 12.6. The Hall–Kier alpha value is -2.77. The number of hydrogen-bond donors (Lipinski definition) is 1. The normalized spacial score (nSPS) is 18.7. The van der Waals surface area contributed by atoms with E-state index < -0.39 is 23.3 Å². The Kier molecular flexibility index (Phi) is 7.87. The zero-order valence-corrected chi connectivity index (χ0v) is 21.0. The van der Waals surface area contributed by atoms with Crippen LogP contribution in [0.3, 0.4) is 0 Å². The maximum absolute atomic E-state index is 12.7. The first-order chi connectivity index (χ1) is 16.8. The van der Waals surface area contributed by atoms with Gasteiger partial charge in [0.1, 0.15) is 5.78 Å². The highest BCUT2D eigenvalue weighted by molar-refractivity contribution is 6.40. The molecule has 0 unspecified atom stereocenters. The number of amides is 1. The molecule has 1 atom stereocenters. The molecule has 1 aromatic heterocycles. The standard InChI is InChI=1S/C26H27Cl2N3O4/c1-2-35-25(34)20(31-21-13-22(32)26(21)10-4-3-5-11-26)12-16-6-8-17(9-7-16)30-24(33)23-18(27)14-29-15-19(23)28/h6-9,14-15,20H,2-5,10-13H2,1H3,(H,30,33)/t20-/m0/s1.